The van der Waals surface area contributed by atoms with E-state index in [1.54, 1.807) is 12.1 Å². The van der Waals surface area contributed by atoms with Crippen LogP contribution in [0.5, 0.6) is 0 Å². The first kappa shape index (κ1) is 23.3. The van der Waals surface area contributed by atoms with Crippen molar-refractivity contribution in [2.45, 2.75) is 0 Å². The number of aromatic nitrogens is 2. The molecule has 0 atom stereocenters. The van der Waals surface area contributed by atoms with Crippen LogP contribution in [0.1, 0.15) is 11.0 Å². The predicted molar refractivity (Wildman–Crippen MR) is 231 cm³/mol. The van der Waals surface area contributed by atoms with Gasteiger partial charge in [-0.05, 0) is 99.7 Å². The van der Waals surface area contributed by atoms with Crippen molar-refractivity contribution in [1.82, 2.24) is 9.13 Å². The molecule has 55 heavy (non-hydrogen) atoms. The van der Waals surface area contributed by atoms with Gasteiger partial charge >= 0.3 is 0 Å². The molecule has 3 heteroatoms. The topological polar surface area (TPSA) is 23.0 Å². The van der Waals surface area contributed by atoms with Crippen LogP contribution in [-0.2, 0) is 0 Å². The Morgan fingerprint density at radius 2 is 1.11 bits per heavy atom. The lowest BCUT2D eigenvalue weighted by molar-refractivity contribution is 0.669. The molecule has 12 rings (SSSR count). The Kier molecular flexibility index (Phi) is 4.91. The summed E-state index contributed by atoms with van der Waals surface area (Å²) >= 11 is 0. The van der Waals surface area contributed by atoms with E-state index in [1.165, 1.54) is 0 Å². The summed E-state index contributed by atoms with van der Waals surface area (Å²) in [7, 11) is 0. The van der Waals surface area contributed by atoms with E-state index in [4.69, 9.17) is 7.16 Å². The molecule has 0 bridgehead atoms. The molecule has 0 saturated carbocycles. The summed E-state index contributed by atoms with van der Waals surface area (Å²) in [5.74, 6) is 0. The Morgan fingerprint density at radius 1 is 0.400 bits per heavy atom. The lowest BCUT2D eigenvalue weighted by Gasteiger charge is -2.14. The molecule has 0 aliphatic carbocycles. The summed E-state index contributed by atoms with van der Waals surface area (Å²) in [5, 5.41) is 7.37. The summed E-state index contributed by atoms with van der Waals surface area (Å²) < 4.78 is 85.0. The molecule has 12 aromatic rings. The van der Waals surface area contributed by atoms with Crippen molar-refractivity contribution in [3.63, 3.8) is 0 Å². The first-order chi connectivity index (χ1) is 30.6. The van der Waals surface area contributed by atoms with Crippen molar-refractivity contribution in [2.75, 3.05) is 0 Å². The minimum absolute atomic E-state index is 0.0256. The molecule has 256 valence electrons. The van der Waals surface area contributed by atoms with Gasteiger partial charge in [0.15, 0.2) is 0 Å². The number of nitrogens with zero attached hydrogens (tertiary/aromatic N) is 2. The Bertz CT molecular complexity index is 3960. The molecule has 3 heterocycles. The van der Waals surface area contributed by atoms with E-state index in [0.29, 0.717) is 27.8 Å². The summed E-state index contributed by atoms with van der Waals surface area (Å²) in [6.07, 6.45) is 0. The van der Waals surface area contributed by atoms with Crippen LogP contribution in [0.3, 0.4) is 0 Å². The lowest BCUT2D eigenvalue weighted by Crippen LogP contribution is -1.96. The van der Waals surface area contributed by atoms with Gasteiger partial charge in [-0.15, -0.1) is 0 Å². The molecule has 9 aromatic carbocycles. The smallest absolute Gasteiger partial charge is 0.135 e. The van der Waals surface area contributed by atoms with E-state index in [2.05, 4.69) is 47.0 Å². The van der Waals surface area contributed by atoms with Crippen LogP contribution in [0.25, 0.3) is 110 Å². The zero-order valence-corrected chi connectivity index (χ0v) is 29.2. The lowest BCUT2D eigenvalue weighted by atomic mass is 9.93. The van der Waals surface area contributed by atoms with Gasteiger partial charge in [0.1, 0.15) is 11.2 Å². The second kappa shape index (κ2) is 11.6. The standard InChI is InChI=1S/C52H32N2O/c1-2-15-36(16-3-1)53-46-23-10-8-21-41(46)43-31-45-49(32-48(43)53)54(47-27-25-33-13-4-5-20-40(33)52(45)47)37-17-12-14-34(29-37)38-18-6-7-19-39(38)35-26-28-51-44(30-35)42-22-9-11-24-50(42)55-51/h1-32H/i6D,7D,12D,14D,17D,18D,19D,29D. The molecular formula is C52H32N2O. The molecule has 3 nitrogen and oxygen atoms in total. The van der Waals surface area contributed by atoms with Crippen molar-refractivity contribution in [3.8, 4) is 33.6 Å². The molecular weight excluding hydrogens is 669 g/mol. The second-order valence-corrected chi connectivity index (χ2v) is 13.9. The number of fused-ring (bicyclic) bond motifs is 11. The number of rotatable bonds is 4. The monoisotopic (exact) mass is 708 g/mol. The highest BCUT2D eigenvalue weighted by Gasteiger charge is 2.20. The normalized spacial score (nSPS) is 14.0. The van der Waals surface area contributed by atoms with Crippen molar-refractivity contribution in [2.24, 2.45) is 0 Å². The maximum atomic E-state index is 10.1. The van der Waals surface area contributed by atoms with Crippen LogP contribution in [0.2, 0.25) is 0 Å². The van der Waals surface area contributed by atoms with Crippen molar-refractivity contribution in [1.29, 1.82) is 0 Å². The van der Waals surface area contributed by atoms with Crippen LogP contribution < -0.4 is 0 Å². The highest BCUT2D eigenvalue weighted by molar-refractivity contribution is 6.25. The van der Waals surface area contributed by atoms with E-state index in [9.17, 15) is 8.22 Å². The third-order valence-electron chi connectivity index (χ3n) is 10.9. The van der Waals surface area contributed by atoms with Gasteiger partial charge in [-0.3, -0.25) is 0 Å². The van der Waals surface area contributed by atoms with E-state index in [0.717, 1.165) is 59.8 Å². The van der Waals surface area contributed by atoms with Crippen molar-refractivity contribution in [3.05, 3.63) is 194 Å². The fourth-order valence-electron chi connectivity index (χ4n) is 8.51. The highest BCUT2D eigenvalue weighted by Crippen LogP contribution is 2.43. The quantitative estimate of drug-likeness (QED) is 0.178. The summed E-state index contributed by atoms with van der Waals surface area (Å²) in [5.41, 5.74) is 5.76. The maximum absolute atomic E-state index is 10.1. The van der Waals surface area contributed by atoms with E-state index in [-0.39, 0.29) is 40.5 Å². The molecule has 0 radical (unpaired) electrons. The van der Waals surface area contributed by atoms with Gasteiger partial charge in [-0.2, -0.15) is 0 Å². The minimum Gasteiger partial charge on any atom is -0.456 e. The van der Waals surface area contributed by atoms with Crippen molar-refractivity contribution < 1.29 is 15.4 Å². The maximum Gasteiger partial charge on any atom is 0.135 e. The highest BCUT2D eigenvalue weighted by atomic mass is 16.3. The summed E-state index contributed by atoms with van der Waals surface area (Å²) in [6.45, 7) is 0. The van der Waals surface area contributed by atoms with Crippen LogP contribution in [0, 0.1) is 0 Å². The number of hydrogen-bond acceptors (Lipinski definition) is 1. The number of furan rings is 1. The first-order valence-corrected chi connectivity index (χ1v) is 18.2. The fourth-order valence-corrected chi connectivity index (χ4v) is 8.51. The van der Waals surface area contributed by atoms with E-state index >= 15 is 0 Å². The van der Waals surface area contributed by atoms with Gasteiger partial charge < -0.3 is 13.6 Å². The van der Waals surface area contributed by atoms with Crippen LogP contribution in [0.4, 0.5) is 0 Å². The minimum atomic E-state index is -0.533. The summed E-state index contributed by atoms with van der Waals surface area (Å²) in [4.78, 5) is 0. The molecule has 0 aliphatic rings. The fraction of sp³-hybridized carbons (Fsp3) is 0. The first-order valence-electron chi connectivity index (χ1n) is 22.2. The molecule has 0 amide bonds. The Morgan fingerprint density at radius 3 is 2.00 bits per heavy atom. The predicted octanol–water partition coefficient (Wildman–Crippen LogP) is 14.3. The van der Waals surface area contributed by atoms with E-state index in [1.807, 2.05) is 95.6 Å². The molecule has 0 fully saturated rings. The zero-order valence-electron chi connectivity index (χ0n) is 37.2. The molecule has 0 spiro atoms. The molecule has 0 aliphatic heterocycles. The third-order valence-corrected chi connectivity index (χ3v) is 10.9. The van der Waals surface area contributed by atoms with Gasteiger partial charge in [0.25, 0.3) is 0 Å². The number of para-hydroxylation sites is 3. The van der Waals surface area contributed by atoms with Crippen LogP contribution in [0.15, 0.2) is 198 Å². The van der Waals surface area contributed by atoms with Gasteiger partial charge in [-0.25, -0.2) is 0 Å². The van der Waals surface area contributed by atoms with Crippen LogP contribution in [-0.4, -0.2) is 9.13 Å². The zero-order chi connectivity index (χ0) is 43.0. The third kappa shape index (κ3) is 4.44. The number of benzene rings is 9. The Balaban J connectivity index is 1.23. The van der Waals surface area contributed by atoms with Gasteiger partial charge in [-0.1, -0.05) is 127 Å². The summed E-state index contributed by atoms with van der Waals surface area (Å²) in [6, 6.07) is 44.1. The molecule has 0 saturated heterocycles. The SMILES string of the molecule is [2H]c1c([2H])c([2H])c(-c2c([2H])c([2H])c([2H])c(-n3c4cc5c(cc4c4c6ccccc6ccc43)c3ccccc3n5-c3ccccc3)c2[2H])c(-c2ccc3oc4ccccc4c3c2)c1[2H]. The average Bonchev–Trinajstić information content (AvgIpc) is 3.96. The van der Waals surface area contributed by atoms with E-state index < -0.39 is 30.2 Å². The Hall–Kier alpha value is -7.36. The largest absolute Gasteiger partial charge is 0.456 e. The molecule has 0 N–H and O–H groups in total. The van der Waals surface area contributed by atoms with Gasteiger partial charge in [0, 0.05) is 43.7 Å². The number of hydrogen-bond donors (Lipinski definition) is 0. The Labute approximate surface area is 327 Å². The molecule has 0 unspecified atom stereocenters. The second-order valence-electron chi connectivity index (χ2n) is 13.9. The molecule has 3 aromatic heterocycles. The van der Waals surface area contributed by atoms with Gasteiger partial charge in [0.05, 0.1) is 33.0 Å². The van der Waals surface area contributed by atoms with Crippen LogP contribution >= 0.6 is 0 Å². The van der Waals surface area contributed by atoms with Gasteiger partial charge in [0.2, 0.25) is 0 Å². The van der Waals surface area contributed by atoms with Crippen molar-refractivity contribution >= 4 is 76.3 Å². The average molecular weight is 709 g/mol.